The van der Waals surface area contributed by atoms with Gasteiger partial charge in [0.15, 0.2) is 0 Å². The van der Waals surface area contributed by atoms with E-state index in [0.717, 1.165) is 0 Å². The van der Waals surface area contributed by atoms with Gasteiger partial charge in [-0.05, 0) is 170 Å². The summed E-state index contributed by atoms with van der Waals surface area (Å²) in [6, 6.07) is 80.5. The van der Waals surface area contributed by atoms with Crippen LogP contribution >= 0.6 is 0 Å². The summed E-state index contributed by atoms with van der Waals surface area (Å²) in [5.74, 6) is 0. The van der Waals surface area contributed by atoms with Crippen molar-refractivity contribution in [3.05, 3.63) is 218 Å². The Kier molecular flexibility index (Phi) is 8.07. The molecule has 0 spiro atoms. The fraction of sp³-hybridized carbons (Fsp3) is 0.118. The minimum absolute atomic E-state index is 0.0112. The van der Waals surface area contributed by atoms with Crippen molar-refractivity contribution in [2.75, 3.05) is 4.90 Å². The van der Waals surface area contributed by atoms with Crippen LogP contribution in [-0.4, -0.2) is 5.54 Å². The Morgan fingerprint density at radius 1 is 0.348 bits per heavy atom. The Labute approximate surface area is 402 Å². The smallest absolute Gasteiger partial charge is 0.0517 e. The zero-order valence-electron chi connectivity index (χ0n) is 39.0. The van der Waals surface area contributed by atoms with E-state index in [1.54, 1.807) is 0 Å². The third-order valence-corrected chi connectivity index (χ3v) is 17.3. The molecule has 2 unspecified atom stereocenters. The van der Waals surface area contributed by atoms with E-state index in [2.05, 4.69) is 231 Å². The van der Waals surface area contributed by atoms with Crippen LogP contribution in [0.1, 0.15) is 45.1 Å². The minimum Gasteiger partial charge on any atom is -0.334 e. The van der Waals surface area contributed by atoms with Crippen LogP contribution in [0.15, 0.2) is 212 Å². The Morgan fingerprint density at radius 2 is 0.841 bits per heavy atom. The molecule has 1 aliphatic carbocycles. The summed E-state index contributed by atoms with van der Waals surface area (Å²) < 4.78 is 0. The third-order valence-electron chi connectivity index (χ3n) is 17.3. The summed E-state index contributed by atoms with van der Waals surface area (Å²) in [7, 11) is 0. The van der Waals surface area contributed by atoms with Crippen molar-refractivity contribution < 1.29 is 0 Å². The van der Waals surface area contributed by atoms with Gasteiger partial charge >= 0.3 is 0 Å². The Balaban J connectivity index is 0.987. The van der Waals surface area contributed by atoms with E-state index in [1.165, 1.54) is 163 Å². The van der Waals surface area contributed by atoms with Crippen LogP contribution in [0.4, 0.5) is 11.4 Å². The van der Waals surface area contributed by atoms with Crippen molar-refractivity contribution >= 4 is 86.8 Å². The summed E-state index contributed by atoms with van der Waals surface area (Å²) in [6.07, 6.45) is 4.92. The molecule has 15 rings (SSSR count). The van der Waals surface area contributed by atoms with Crippen LogP contribution in [0.2, 0.25) is 0 Å². The van der Waals surface area contributed by atoms with Gasteiger partial charge in [0.1, 0.15) is 0 Å². The molecule has 1 nitrogen and oxygen atoms in total. The van der Waals surface area contributed by atoms with Gasteiger partial charge in [0.05, 0.1) is 5.54 Å². The summed E-state index contributed by atoms with van der Waals surface area (Å²) in [4.78, 5) is 2.68. The zero-order chi connectivity index (χ0) is 45.6. The number of benzene rings is 11. The molecule has 2 aliphatic rings. The first kappa shape index (κ1) is 39.0. The maximum absolute atomic E-state index is 2.68. The van der Waals surface area contributed by atoms with E-state index in [-0.39, 0.29) is 11.0 Å². The molecule has 0 bridgehead atoms. The highest BCUT2D eigenvalue weighted by molar-refractivity contribution is 6.47. The van der Waals surface area contributed by atoms with Crippen molar-refractivity contribution in [3.8, 4) is 44.5 Å². The molecule has 0 saturated heterocycles. The average Bonchev–Trinajstić information content (AvgIpc) is 3.99. The topological polar surface area (TPSA) is 3.24 Å². The van der Waals surface area contributed by atoms with E-state index in [4.69, 9.17) is 0 Å². The highest BCUT2D eigenvalue weighted by Crippen LogP contribution is 2.62. The normalized spacial score (nSPS) is 18.1. The lowest BCUT2D eigenvalue weighted by molar-refractivity contribution is 0.195. The lowest BCUT2D eigenvalue weighted by atomic mass is 9.61. The molecule has 1 heteroatoms. The molecule has 0 N–H and O–H groups in total. The van der Waals surface area contributed by atoms with E-state index in [1.807, 2.05) is 0 Å². The van der Waals surface area contributed by atoms with Gasteiger partial charge < -0.3 is 4.90 Å². The SMILES string of the molecule is CC12CCCCC1(C)N(c1ccccc1)c1ccc(-c3cccc4c(-c5ccc6c7c(-c8ccccc8)c8c9cccc%10cccc(c8c(-c8ccccc8)c7c7cccc5c76)c%109)cccc34)cc12. The van der Waals surface area contributed by atoms with E-state index in [9.17, 15) is 0 Å². The van der Waals surface area contributed by atoms with Gasteiger partial charge in [0.2, 0.25) is 0 Å². The fourth-order valence-corrected chi connectivity index (χ4v) is 14.1. The molecular formula is C68H49N. The maximum atomic E-state index is 2.68. The number of anilines is 2. The quantitative estimate of drug-likeness (QED) is 0.166. The number of rotatable bonds is 5. The summed E-state index contributed by atoms with van der Waals surface area (Å²) in [6.45, 7) is 5.07. The second-order valence-electron chi connectivity index (χ2n) is 20.5. The van der Waals surface area contributed by atoms with Crippen LogP contribution in [-0.2, 0) is 5.41 Å². The maximum Gasteiger partial charge on any atom is 0.0517 e. The van der Waals surface area contributed by atoms with E-state index >= 15 is 0 Å². The van der Waals surface area contributed by atoms with Crippen LogP contribution in [0.3, 0.4) is 0 Å². The molecule has 1 saturated carbocycles. The zero-order valence-corrected chi connectivity index (χ0v) is 39.0. The minimum atomic E-state index is 0.0112. The summed E-state index contributed by atoms with van der Waals surface area (Å²) in [5, 5.41) is 18.5. The number of fused-ring (bicyclic) bond motifs is 10. The largest absolute Gasteiger partial charge is 0.334 e. The van der Waals surface area contributed by atoms with Crippen molar-refractivity contribution in [1.82, 2.24) is 0 Å². The van der Waals surface area contributed by atoms with Gasteiger partial charge in [0.25, 0.3) is 0 Å². The van der Waals surface area contributed by atoms with Crippen LogP contribution in [0.25, 0.3) is 120 Å². The van der Waals surface area contributed by atoms with Crippen LogP contribution in [0.5, 0.6) is 0 Å². The Hall–Kier alpha value is -8.00. The second kappa shape index (κ2) is 14.3. The van der Waals surface area contributed by atoms with Crippen molar-refractivity contribution in [1.29, 1.82) is 0 Å². The second-order valence-corrected chi connectivity index (χ2v) is 20.5. The lowest BCUT2D eigenvalue weighted by Gasteiger charge is -2.50. The van der Waals surface area contributed by atoms with Gasteiger partial charge in [0, 0.05) is 16.8 Å². The molecule has 13 aromatic rings. The first-order chi connectivity index (χ1) is 34.0. The van der Waals surface area contributed by atoms with Crippen molar-refractivity contribution in [3.63, 3.8) is 0 Å². The van der Waals surface area contributed by atoms with Gasteiger partial charge in [-0.15, -0.1) is 0 Å². The predicted octanol–water partition coefficient (Wildman–Crippen LogP) is 19.0. The fourth-order valence-electron chi connectivity index (χ4n) is 14.1. The van der Waals surface area contributed by atoms with Crippen LogP contribution in [0, 0.1) is 0 Å². The van der Waals surface area contributed by atoms with Gasteiger partial charge in [-0.25, -0.2) is 0 Å². The molecule has 69 heavy (non-hydrogen) atoms. The number of nitrogens with zero attached hydrogens (tertiary/aromatic N) is 1. The van der Waals surface area contributed by atoms with E-state index < -0.39 is 0 Å². The Bertz CT molecular complexity index is 4080. The number of hydrogen-bond acceptors (Lipinski definition) is 1. The molecule has 0 amide bonds. The van der Waals surface area contributed by atoms with Crippen molar-refractivity contribution in [2.45, 2.75) is 50.5 Å². The molecule has 0 aromatic heterocycles. The summed E-state index contributed by atoms with van der Waals surface area (Å²) >= 11 is 0. The van der Waals surface area contributed by atoms with Crippen LogP contribution < -0.4 is 4.90 Å². The lowest BCUT2D eigenvalue weighted by Crippen LogP contribution is -2.54. The average molecular weight is 880 g/mol. The number of para-hydroxylation sites is 1. The first-order valence-corrected chi connectivity index (χ1v) is 25.0. The first-order valence-electron chi connectivity index (χ1n) is 25.0. The number of hydrogen-bond donors (Lipinski definition) is 0. The van der Waals surface area contributed by atoms with Gasteiger partial charge in [-0.3, -0.25) is 0 Å². The standard InChI is InChI=1S/C68H49N/c1-67-39-12-13-40-68(67,2)69(46-25-10-5-11-26-46)58-38-35-45(41-57(58)67)47-27-16-29-49-48(47)28-17-30-50(49)51-36-37-56-62-52(51)31-18-34-55(62)65-60(43-19-6-3-7-20-43)63-53-32-14-23-42-24-15-33-54(59(42)53)64(63)61(66(56)65)44-21-8-4-9-22-44/h3-11,14-38,41H,12-13,39-40H2,1-2H3. The molecule has 0 radical (unpaired) electrons. The predicted molar refractivity (Wildman–Crippen MR) is 296 cm³/mol. The highest BCUT2D eigenvalue weighted by Gasteiger charge is 2.57. The molecule has 1 fully saturated rings. The summed E-state index contributed by atoms with van der Waals surface area (Å²) in [5.41, 5.74) is 14.5. The van der Waals surface area contributed by atoms with Gasteiger partial charge in [-0.2, -0.15) is 0 Å². The van der Waals surface area contributed by atoms with Gasteiger partial charge in [-0.1, -0.05) is 208 Å². The highest BCUT2D eigenvalue weighted by atomic mass is 15.3. The molecule has 1 aliphatic heterocycles. The molecular weight excluding hydrogens is 831 g/mol. The third kappa shape index (κ3) is 5.15. The monoisotopic (exact) mass is 879 g/mol. The van der Waals surface area contributed by atoms with E-state index in [0.29, 0.717) is 0 Å². The molecule has 326 valence electrons. The molecule has 2 atom stereocenters. The molecule has 1 heterocycles. The Morgan fingerprint density at radius 3 is 1.49 bits per heavy atom. The molecule has 13 aromatic carbocycles. The van der Waals surface area contributed by atoms with Crippen molar-refractivity contribution in [2.24, 2.45) is 0 Å².